The summed E-state index contributed by atoms with van der Waals surface area (Å²) < 4.78 is 0. The minimum absolute atomic E-state index is 0.542. The van der Waals surface area contributed by atoms with E-state index in [1.54, 1.807) is 0 Å². The zero-order valence-electron chi connectivity index (χ0n) is 7.26. The van der Waals surface area contributed by atoms with Crippen LogP contribution in [0.3, 0.4) is 0 Å². The highest BCUT2D eigenvalue weighted by molar-refractivity contribution is 4.84. The highest BCUT2D eigenvalue weighted by Gasteiger charge is 2.30. The molecule has 0 spiro atoms. The van der Waals surface area contributed by atoms with Gasteiger partial charge >= 0.3 is 0 Å². The smallest absolute Gasteiger partial charge is 0.00416 e. The van der Waals surface area contributed by atoms with Crippen LogP contribution in [-0.2, 0) is 0 Å². The Balaban J connectivity index is 1.85. The summed E-state index contributed by atoms with van der Waals surface area (Å²) in [7, 11) is 0. The Kier molecular flexibility index (Phi) is 2.17. The van der Waals surface area contributed by atoms with Crippen molar-refractivity contribution in [3.8, 4) is 0 Å². The van der Waals surface area contributed by atoms with Crippen molar-refractivity contribution in [3.63, 3.8) is 0 Å². The van der Waals surface area contributed by atoms with Crippen LogP contribution in [0, 0.1) is 11.8 Å². The predicted molar refractivity (Wildman–Crippen MR) is 47.3 cm³/mol. The van der Waals surface area contributed by atoms with Crippen LogP contribution in [0.15, 0.2) is 0 Å². The molecule has 64 valence electrons. The highest BCUT2D eigenvalue weighted by Crippen LogP contribution is 2.39. The van der Waals surface area contributed by atoms with Gasteiger partial charge in [0, 0.05) is 6.04 Å². The van der Waals surface area contributed by atoms with E-state index in [4.69, 9.17) is 5.73 Å². The first-order valence-corrected chi connectivity index (χ1v) is 5.12. The first-order chi connectivity index (χ1) is 5.36. The molecule has 2 rings (SSSR count). The lowest BCUT2D eigenvalue weighted by atomic mass is 9.89. The fraction of sp³-hybridized carbons (Fsp3) is 1.00. The standard InChI is InChI=1S/C10H19N/c11-10-6-5-9(7-10)8-3-1-2-4-8/h8-10H,1-7,11H2/t9-,10+/m0/s1. The van der Waals surface area contributed by atoms with Gasteiger partial charge in [-0.2, -0.15) is 0 Å². The van der Waals surface area contributed by atoms with Crippen LogP contribution in [0.1, 0.15) is 44.9 Å². The van der Waals surface area contributed by atoms with Gasteiger partial charge in [0.05, 0.1) is 0 Å². The minimum Gasteiger partial charge on any atom is -0.328 e. The summed E-state index contributed by atoms with van der Waals surface area (Å²) in [5.41, 5.74) is 5.89. The van der Waals surface area contributed by atoms with E-state index in [1.807, 2.05) is 0 Å². The Morgan fingerprint density at radius 3 is 2.09 bits per heavy atom. The molecule has 0 radical (unpaired) electrons. The molecule has 0 amide bonds. The number of hydrogen-bond donors (Lipinski definition) is 1. The van der Waals surface area contributed by atoms with Gasteiger partial charge in [-0.15, -0.1) is 0 Å². The summed E-state index contributed by atoms with van der Waals surface area (Å²) in [5, 5.41) is 0. The molecule has 2 saturated carbocycles. The third kappa shape index (κ3) is 1.58. The van der Waals surface area contributed by atoms with E-state index in [-0.39, 0.29) is 0 Å². The molecule has 0 aromatic rings. The minimum atomic E-state index is 0.542. The number of hydrogen-bond acceptors (Lipinski definition) is 1. The zero-order chi connectivity index (χ0) is 7.68. The SMILES string of the molecule is N[C@@H]1CC[C@H](C2CCCC2)C1. The lowest BCUT2D eigenvalue weighted by Gasteiger charge is -2.16. The maximum atomic E-state index is 5.89. The predicted octanol–water partition coefficient (Wildman–Crippen LogP) is 2.30. The van der Waals surface area contributed by atoms with E-state index in [1.165, 1.54) is 44.9 Å². The summed E-state index contributed by atoms with van der Waals surface area (Å²) in [6, 6.07) is 0.542. The lowest BCUT2D eigenvalue weighted by molar-refractivity contribution is 0.344. The topological polar surface area (TPSA) is 26.0 Å². The summed E-state index contributed by atoms with van der Waals surface area (Å²) in [6.07, 6.45) is 10.00. The third-order valence-electron chi connectivity index (χ3n) is 3.58. The second kappa shape index (κ2) is 3.14. The Labute approximate surface area is 69.4 Å². The van der Waals surface area contributed by atoms with Crippen molar-refractivity contribution in [3.05, 3.63) is 0 Å². The van der Waals surface area contributed by atoms with Gasteiger partial charge < -0.3 is 5.73 Å². The monoisotopic (exact) mass is 153 g/mol. The second-order valence-corrected chi connectivity index (χ2v) is 4.38. The van der Waals surface area contributed by atoms with Gasteiger partial charge in [-0.25, -0.2) is 0 Å². The Morgan fingerprint density at radius 2 is 1.55 bits per heavy atom. The van der Waals surface area contributed by atoms with E-state index in [0.29, 0.717) is 6.04 Å². The van der Waals surface area contributed by atoms with Crippen molar-refractivity contribution in [2.75, 3.05) is 0 Å². The van der Waals surface area contributed by atoms with E-state index in [9.17, 15) is 0 Å². The zero-order valence-corrected chi connectivity index (χ0v) is 7.26. The van der Waals surface area contributed by atoms with Gasteiger partial charge in [-0.3, -0.25) is 0 Å². The molecule has 0 unspecified atom stereocenters. The van der Waals surface area contributed by atoms with Crippen molar-refractivity contribution < 1.29 is 0 Å². The van der Waals surface area contributed by atoms with Crippen LogP contribution in [0.5, 0.6) is 0 Å². The van der Waals surface area contributed by atoms with Gasteiger partial charge in [0.1, 0.15) is 0 Å². The molecular formula is C10H19N. The molecule has 0 aliphatic heterocycles. The summed E-state index contributed by atoms with van der Waals surface area (Å²) in [6.45, 7) is 0. The Bertz CT molecular complexity index is 127. The average molecular weight is 153 g/mol. The molecule has 2 N–H and O–H groups in total. The molecule has 2 aliphatic carbocycles. The highest BCUT2D eigenvalue weighted by atomic mass is 14.6. The lowest BCUT2D eigenvalue weighted by Crippen LogP contribution is -2.16. The first-order valence-electron chi connectivity index (χ1n) is 5.12. The van der Waals surface area contributed by atoms with Gasteiger partial charge in [0.2, 0.25) is 0 Å². The largest absolute Gasteiger partial charge is 0.328 e. The molecule has 2 aliphatic rings. The van der Waals surface area contributed by atoms with Crippen molar-refractivity contribution in [2.24, 2.45) is 17.6 Å². The Morgan fingerprint density at radius 1 is 0.818 bits per heavy atom. The van der Waals surface area contributed by atoms with E-state index < -0.39 is 0 Å². The molecule has 0 saturated heterocycles. The molecule has 1 heteroatoms. The molecule has 0 aromatic heterocycles. The molecular weight excluding hydrogens is 134 g/mol. The molecule has 2 fully saturated rings. The Hall–Kier alpha value is -0.0400. The van der Waals surface area contributed by atoms with E-state index in [2.05, 4.69) is 0 Å². The van der Waals surface area contributed by atoms with Crippen LogP contribution in [0.2, 0.25) is 0 Å². The van der Waals surface area contributed by atoms with Crippen LogP contribution in [-0.4, -0.2) is 6.04 Å². The van der Waals surface area contributed by atoms with Crippen molar-refractivity contribution in [1.29, 1.82) is 0 Å². The maximum Gasteiger partial charge on any atom is 0.00416 e. The molecule has 0 aromatic carbocycles. The molecule has 1 nitrogen and oxygen atoms in total. The fourth-order valence-corrected chi connectivity index (χ4v) is 2.91. The van der Waals surface area contributed by atoms with Gasteiger partial charge in [-0.05, 0) is 31.1 Å². The fourth-order valence-electron chi connectivity index (χ4n) is 2.91. The van der Waals surface area contributed by atoms with E-state index in [0.717, 1.165) is 11.8 Å². The van der Waals surface area contributed by atoms with Gasteiger partial charge in [0.25, 0.3) is 0 Å². The third-order valence-corrected chi connectivity index (χ3v) is 3.58. The van der Waals surface area contributed by atoms with Crippen LogP contribution in [0.25, 0.3) is 0 Å². The molecule has 2 atom stereocenters. The van der Waals surface area contributed by atoms with Gasteiger partial charge in [-0.1, -0.05) is 25.7 Å². The number of rotatable bonds is 1. The summed E-state index contributed by atoms with van der Waals surface area (Å²) in [5.74, 6) is 2.07. The van der Waals surface area contributed by atoms with E-state index >= 15 is 0 Å². The molecule has 0 heterocycles. The van der Waals surface area contributed by atoms with Crippen molar-refractivity contribution in [1.82, 2.24) is 0 Å². The quantitative estimate of drug-likeness (QED) is 0.614. The molecule has 11 heavy (non-hydrogen) atoms. The average Bonchev–Trinajstić information content (AvgIpc) is 2.55. The van der Waals surface area contributed by atoms with Crippen LogP contribution in [0.4, 0.5) is 0 Å². The van der Waals surface area contributed by atoms with Crippen molar-refractivity contribution in [2.45, 2.75) is 51.0 Å². The second-order valence-electron chi connectivity index (χ2n) is 4.38. The van der Waals surface area contributed by atoms with Crippen LogP contribution >= 0.6 is 0 Å². The van der Waals surface area contributed by atoms with Crippen molar-refractivity contribution >= 4 is 0 Å². The normalized spacial score (nSPS) is 40.1. The van der Waals surface area contributed by atoms with Gasteiger partial charge in [0.15, 0.2) is 0 Å². The number of nitrogens with two attached hydrogens (primary N) is 1. The maximum absolute atomic E-state index is 5.89. The summed E-state index contributed by atoms with van der Waals surface area (Å²) in [4.78, 5) is 0. The summed E-state index contributed by atoms with van der Waals surface area (Å²) >= 11 is 0. The molecule has 0 bridgehead atoms. The van der Waals surface area contributed by atoms with Crippen LogP contribution < -0.4 is 5.73 Å². The first kappa shape index (κ1) is 7.60.